The molecule has 2 unspecified atom stereocenters. The van der Waals surface area contributed by atoms with Crippen LogP contribution < -0.4 is 5.32 Å². The molecule has 1 fully saturated rings. The lowest BCUT2D eigenvalue weighted by Gasteiger charge is -2.17. The maximum Gasteiger partial charge on any atom is 0.0456 e. The SMILES string of the molecule is CC(CO)CC1CCCCNC1. The molecule has 2 heteroatoms. The normalized spacial score (nSPS) is 28.0. The molecule has 0 bridgehead atoms. The Morgan fingerprint density at radius 2 is 2.33 bits per heavy atom. The van der Waals surface area contributed by atoms with Crippen LogP contribution in [-0.4, -0.2) is 24.8 Å². The average molecular weight is 171 g/mol. The Hall–Kier alpha value is -0.0800. The molecule has 2 N–H and O–H groups in total. The third-order valence-corrected chi connectivity index (χ3v) is 2.70. The molecule has 2 nitrogen and oxygen atoms in total. The third-order valence-electron chi connectivity index (χ3n) is 2.70. The Morgan fingerprint density at radius 1 is 1.50 bits per heavy atom. The fourth-order valence-corrected chi connectivity index (χ4v) is 1.94. The number of aliphatic hydroxyl groups is 1. The van der Waals surface area contributed by atoms with Crippen molar-refractivity contribution in [3.63, 3.8) is 0 Å². The van der Waals surface area contributed by atoms with E-state index in [0.717, 1.165) is 12.5 Å². The average Bonchev–Trinajstić information content (AvgIpc) is 2.33. The molecule has 1 rings (SSSR count). The Bertz CT molecular complexity index is 108. The summed E-state index contributed by atoms with van der Waals surface area (Å²) in [5, 5.41) is 12.4. The van der Waals surface area contributed by atoms with Gasteiger partial charge in [-0.15, -0.1) is 0 Å². The second-order valence-corrected chi connectivity index (χ2v) is 4.09. The lowest BCUT2D eigenvalue weighted by atomic mass is 9.93. The first kappa shape index (κ1) is 10.0. The molecule has 1 saturated heterocycles. The van der Waals surface area contributed by atoms with Gasteiger partial charge in [-0.3, -0.25) is 0 Å². The molecular formula is C10H21NO. The van der Waals surface area contributed by atoms with Gasteiger partial charge >= 0.3 is 0 Å². The second-order valence-electron chi connectivity index (χ2n) is 4.09. The van der Waals surface area contributed by atoms with Gasteiger partial charge in [-0.25, -0.2) is 0 Å². The van der Waals surface area contributed by atoms with Crippen LogP contribution in [0.2, 0.25) is 0 Å². The summed E-state index contributed by atoms with van der Waals surface area (Å²) in [6, 6.07) is 0. The van der Waals surface area contributed by atoms with Gasteiger partial charge < -0.3 is 10.4 Å². The molecule has 1 aliphatic heterocycles. The standard InChI is InChI=1S/C10H21NO/c1-9(8-12)6-10-4-2-3-5-11-7-10/h9-12H,2-8H2,1H3. The van der Waals surface area contributed by atoms with E-state index in [1.165, 1.54) is 32.2 Å². The number of hydrogen-bond acceptors (Lipinski definition) is 2. The van der Waals surface area contributed by atoms with Crippen molar-refractivity contribution in [3.8, 4) is 0 Å². The van der Waals surface area contributed by atoms with Gasteiger partial charge in [0.25, 0.3) is 0 Å². The van der Waals surface area contributed by atoms with Crippen LogP contribution in [-0.2, 0) is 0 Å². The van der Waals surface area contributed by atoms with E-state index >= 15 is 0 Å². The monoisotopic (exact) mass is 171 g/mol. The highest BCUT2D eigenvalue weighted by atomic mass is 16.3. The zero-order valence-corrected chi connectivity index (χ0v) is 8.05. The van der Waals surface area contributed by atoms with Crippen LogP contribution in [0.5, 0.6) is 0 Å². The van der Waals surface area contributed by atoms with E-state index < -0.39 is 0 Å². The molecule has 0 amide bonds. The van der Waals surface area contributed by atoms with E-state index in [2.05, 4.69) is 12.2 Å². The molecule has 2 atom stereocenters. The van der Waals surface area contributed by atoms with Crippen molar-refractivity contribution in [3.05, 3.63) is 0 Å². The molecule has 12 heavy (non-hydrogen) atoms. The van der Waals surface area contributed by atoms with Crippen molar-refractivity contribution in [2.24, 2.45) is 11.8 Å². The summed E-state index contributed by atoms with van der Waals surface area (Å²) in [6.07, 6.45) is 5.21. The molecule has 0 aromatic carbocycles. The van der Waals surface area contributed by atoms with E-state index in [4.69, 9.17) is 5.11 Å². The van der Waals surface area contributed by atoms with Crippen molar-refractivity contribution in [2.45, 2.75) is 32.6 Å². The molecule has 72 valence electrons. The molecule has 0 aliphatic carbocycles. The topological polar surface area (TPSA) is 32.3 Å². The van der Waals surface area contributed by atoms with Crippen molar-refractivity contribution >= 4 is 0 Å². The van der Waals surface area contributed by atoms with Gasteiger partial charge in [0.05, 0.1) is 0 Å². The van der Waals surface area contributed by atoms with E-state index in [0.29, 0.717) is 12.5 Å². The van der Waals surface area contributed by atoms with Crippen molar-refractivity contribution in [1.82, 2.24) is 5.32 Å². The zero-order valence-electron chi connectivity index (χ0n) is 8.05. The first-order chi connectivity index (χ1) is 5.83. The smallest absolute Gasteiger partial charge is 0.0456 e. The molecular weight excluding hydrogens is 150 g/mol. The van der Waals surface area contributed by atoms with Crippen LogP contribution >= 0.6 is 0 Å². The summed E-state index contributed by atoms with van der Waals surface area (Å²) in [4.78, 5) is 0. The fraction of sp³-hybridized carbons (Fsp3) is 1.00. The summed E-state index contributed by atoms with van der Waals surface area (Å²) < 4.78 is 0. The molecule has 0 spiro atoms. The largest absolute Gasteiger partial charge is 0.396 e. The van der Waals surface area contributed by atoms with Crippen LogP contribution in [0.3, 0.4) is 0 Å². The van der Waals surface area contributed by atoms with Crippen LogP contribution in [0.1, 0.15) is 32.6 Å². The highest BCUT2D eigenvalue weighted by molar-refractivity contribution is 4.69. The molecule has 0 radical (unpaired) electrons. The molecule has 1 heterocycles. The minimum atomic E-state index is 0.344. The summed E-state index contributed by atoms with van der Waals surface area (Å²) in [5.74, 6) is 1.28. The number of hydrogen-bond donors (Lipinski definition) is 2. The van der Waals surface area contributed by atoms with Crippen LogP contribution in [0.15, 0.2) is 0 Å². The van der Waals surface area contributed by atoms with Crippen molar-refractivity contribution in [2.75, 3.05) is 19.7 Å². The third kappa shape index (κ3) is 3.55. The number of aliphatic hydroxyl groups excluding tert-OH is 1. The summed E-state index contributed by atoms with van der Waals surface area (Å²) >= 11 is 0. The highest BCUT2D eigenvalue weighted by Gasteiger charge is 2.14. The molecule has 0 aromatic heterocycles. The Kier molecular flexibility index (Phi) is 4.62. The molecule has 0 aromatic rings. The van der Waals surface area contributed by atoms with E-state index in [1.807, 2.05) is 0 Å². The second kappa shape index (κ2) is 5.55. The molecule has 1 aliphatic rings. The van der Waals surface area contributed by atoms with Crippen molar-refractivity contribution in [1.29, 1.82) is 0 Å². The zero-order chi connectivity index (χ0) is 8.81. The first-order valence-corrected chi connectivity index (χ1v) is 5.14. The maximum absolute atomic E-state index is 8.92. The summed E-state index contributed by atoms with van der Waals surface area (Å²) in [5.41, 5.74) is 0. The van der Waals surface area contributed by atoms with Gasteiger partial charge in [0.15, 0.2) is 0 Å². The van der Waals surface area contributed by atoms with Gasteiger partial charge in [0, 0.05) is 6.61 Å². The maximum atomic E-state index is 8.92. The summed E-state index contributed by atoms with van der Waals surface area (Å²) in [6.45, 7) is 4.82. The number of rotatable bonds is 3. The highest BCUT2D eigenvalue weighted by Crippen LogP contribution is 2.19. The van der Waals surface area contributed by atoms with Gasteiger partial charge in [0.1, 0.15) is 0 Å². The lowest BCUT2D eigenvalue weighted by molar-refractivity contribution is 0.209. The predicted molar refractivity (Wildman–Crippen MR) is 51.1 cm³/mol. The van der Waals surface area contributed by atoms with Crippen LogP contribution in [0, 0.1) is 11.8 Å². The fourth-order valence-electron chi connectivity index (χ4n) is 1.94. The van der Waals surface area contributed by atoms with Gasteiger partial charge in [-0.1, -0.05) is 13.3 Å². The quantitative estimate of drug-likeness (QED) is 0.672. The van der Waals surface area contributed by atoms with Crippen LogP contribution in [0.4, 0.5) is 0 Å². The molecule has 0 saturated carbocycles. The van der Waals surface area contributed by atoms with Gasteiger partial charge in [-0.2, -0.15) is 0 Å². The Balaban J connectivity index is 2.20. The van der Waals surface area contributed by atoms with E-state index in [1.54, 1.807) is 0 Å². The van der Waals surface area contributed by atoms with Gasteiger partial charge in [-0.05, 0) is 44.2 Å². The van der Waals surface area contributed by atoms with Crippen LogP contribution in [0.25, 0.3) is 0 Å². The van der Waals surface area contributed by atoms with Gasteiger partial charge in [0.2, 0.25) is 0 Å². The minimum Gasteiger partial charge on any atom is -0.396 e. The Morgan fingerprint density at radius 3 is 3.08 bits per heavy atom. The van der Waals surface area contributed by atoms with Crippen molar-refractivity contribution < 1.29 is 5.11 Å². The summed E-state index contributed by atoms with van der Waals surface area (Å²) in [7, 11) is 0. The van der Waals surface area contributed by atoms with E-state index in [9.17, 15) is 0 Å². The van der Waals surface area contributed by atoms with E-state index in [-0.39, 0.29) is 0 Å². The number of nitrogens with one attached hydrogen (secondary N) is 1. The predicted octanol–water partition coefficient (Wildman–Crippen LogP) is 1.39. The first-order valence-electron chi connectivity index (χ1n) is 5.14. The lowest BCUT2D eigenvalue weighted by Crippen LogP contribution is -2.22. The Labute approximate surface area is 75.4 Å². The minimum absolute atomic E-state index is 0.344.